The molecular weight excluding hydrogens is 271 g/mol. The Bertz CT molecular complexity index is 644. The Kier molecular flexibility index (Phi) is 4.87. The number of nitrogens with zero attached hydrogens (tertiary/aromatic N) is 1. The van der Waals surface area contributed by atoms with Crippen molar-refractivity contribution in [2.45, 2.75) is 19.8 Å². The van der Waals surface area contributed by atoms with E-state index in [0.29, 0.717) is 6.54 Å². The fraction of sp³-hybridized carbons (Fsp3) is 0.250. The molecule has 0 aromatic heterocycles. The van der Waals surface area contributed by atoms with Crippen molar-refractivity contribution >= 4 is 11.4 Å². The lowest BCUT2D eigenvalue weighted by molar-refractivity contribution is -0.384. The highest BCUT2D eigenvalue weighted by Gasteiger charge is 2.13. The van der Waals surface area contributed by atoms with E-state index in [1.807, 2.05) is 12.1 Å². The summed E-state index contributed by atoms with van der Waals surface area (Å²) in [6, 6.07) is 11.5. The first-order valence-electron chi connectivity index (χ1n) is 6.80. The molecule has 0 saturated heterocycles. The number of hydrogen-bond acceptors (Lipinski definition) is 3. The van der Waals surface area contributed by atoms with E-state index in [4.69, 9.17) is 0 Å². The summed E-state index contributed by atoms with van der Waals surface area (Å²) in [5, 5.41) is 13.8. The van der Waals surface area contributed by atoms with Crippen molar-refractivity contribution in [2.75, 3.05) is 11.9 Å². The standard InChI is InChI=1S/C16H17FN2O2/c1-12-5-2-3-6-13(12)7-4-10-18-15-11-14(17)8-9-16(15)19(20)21/h2-3,5-6,8-9,11,18H,4,7,10H2,1H3. The van der Waals surface area contributed by atoms with Crippen LogP contribution in [0.1, 0.15) is 17.5 Å². The largest absolute Gasteiger partial charge is 0.379 e. The third kappa shape index (κ3) is 4.02. The number of nitro groups is 1. The van der Waals surface area contributed by atoms with E-state index < -0.39 is 10.7 Å². The van der Waals surface area contributed by atoms with Gasteiger partial charge in [-0.05, 0) is 37.0 Å². The summed E-state index contributed by atoms with van der Waals surface area (Å²) in [6.07, 6.45) is 1.70. The van der Waals surface area contributed by atoms with Gasteiger partial charge >= 0.3 is 0 Å². The van der Waals surface area contributed by atoms with Gasteiger partial charge in [0.15, 0.2) is 0 Å². The third-order valence-electron chi connectivity index (χ3n) is 3.35. The van der Waals surface area contributed by atoms with Crippen molar-refractivity contribution < 1.29 is 9.31 Å². The molecule has 0 atom stereocenters. The van der Waals surface area contributed by atoms with E-state index in [1.54, 1.807) is 0 Å². The van der Waals surface area contributed by atoms with Crippen molar-refractivity contribution in [1.29, 1.82) is 0 Å². The van der Waals surface area contributed by atoms with Gasteiger partial charge < -0.3 is 5.32 Å². The molecule has 0 aliphatic rings. The SMILES string of the molecule is Cc1ccccc1CCCNc1cc(F)ccc1[N+](=O)[O-]. The molecule has 0 fully saturated rings. The highest BCUT2D eigenvalue weighted by atomic mass is 19.1. The van der Waals surface area contributed by atoms with Crippen LogP contribution in [-0.2, 0) is 6.42 Å². The highest BCUT2D eigenvalue weighted by molar-refractivity contribution is 5.61. The number of nitro benzene ring substituents is 1. The van der Waals surface area contributed by atoms with Gasteiger partial charge in [0, 0.05) is 18.7 Å². The van der Waals surface area contributed by atoms with Gasteiger partial charge in [0.1, 0.15) is 11.5 Å². The number of benzene rings is 2. The molecule has 0 aliphatic carbocycles. The van der Waals surface area contributed by atoms with E-state index in [9.17, 15) is 14.5 Å². The zero-order valence-electron chi connectivity index (χ0n) is 11.8. The molecule has 4 nitrogen and oxygen atoms in total. The van der Waals surface area contributed by atoms with Gasteiger partial charge in [-0.2, -0.15) is 0 Å². The third-order valence-corrected chi connectivity index (χ3v) is 3.35. The maximum absolute atomic E-state index is 13.2. The molecule has 2 aromatic carbocycles. The molecule has 0 bridgehead atoms. The maximum Gasteiger partial charge on any atom is 0.292 e. The smallest absolute Gasteiger partial charge is 0.292 e. The van der Waals surface area contributed by atoms with Crippen LogP contribution in [0.4, 0.5) is 15.8 Å². The first-order chi connectivity index (χ1) is 10.1. The summed E-state index contributed by atoms with van der Waals surface area (Å²) in [5.74, 6) is -0.484. The molecule has 0 saturated carbocycles. The van der Waals surface area contributed by atoms with Crippen LogP contribution in [0.15, 0.2) is 42.5 Å². The number of aryl methyl sites for hydroxylation is 2. The van der Waals surface area contributed by atoms with Crippen LogP contribution in [0.2, 0.25) is 0 Å². The van der Waals surface area contributed by atoms with Gasteiger partial charge in [0.2, 0.25) is 0 Å². The Hall–Kier alpha value is -2.43. The van der Waals surface area contributed by atoms with Gasteiger partial charge in [-0.3, -0.25) is 10.1 Å². The molecule has 0 spiro atoms. The minimum Gasteiger partial charge on any atom is -0.379 e. The first-order valence-corrected chi connectivity index (χ1v) is 6.80. The Morgan fingerprint density at radius 1 is 1.24 bits per heavy atom. The lowest BCUT2D eigenvalue weighted by Gasteiger charge is -2.08. The van der Waals surface area contributed by atoms with E-state index in [2.05, 4.69) is 24.4 Å². The minimum atomic E-state index is -0.511. The lowest BCUT2D eigenvalue weighted by Crippen LogP contribution is -2.06. The molecule has 5 heteroatoms. The monoisotopic (exact) mass is 288 g/mol. The van der Waals surface area contributed by atoms with Crippen LogP contribution in [0.3, 0.4) is 0 Å². The second-order valence-corrected chi connectivity index (χ2v) is 4.88. The molecule has 110 valence electrons. The summed E-state index contributed by atoms with van der Waals surface area (Å²) >= 11 is 0. The molecule has 2 aromatic rings. The van der Waals surface area contributed by atoms with Gasteiger partial charge in [-0.1, -0.05) is 24.3 Å². The van der Waals surface area contributed by atoms with Crippen molar-refractivity contribution in [3.63, 3.8) is 0 Å². The van der Waals surface area contributed by atoms with Gasteiger partial charge in [-0.15, -0.1) is 0 Å². The van der Waals surface area contributed by atoms with Crippen molar-refractivity contribution in [3.05, 3.63) is 69.5 Å². The van der Waals surface area contributed by atoms with Crippen molar-refractivity contribution in [1.82, 2.24) is 0 Å². The predicted molar refractivity (Wildman–Crippen MR) is 81.0 cm³/mol. The Morgan fingerprint density at radius 2 is 2.00 bits per heavy atom. The van der Waals surface area contributed by atoms with Crippen LogP contribution in [0, 0.1) is 22.9 Å². The molecule has 21 heavy (non-hydrogen) atoms. The van der Waals surface area contributed by atoms with Crippen molar-refractivity contribution in [3.8, 4) is 0 Å². The van der Waals surface area contributed by atoms with Gasteiger partial charge in [0.05, 0.1) is 4.92 Å². The first kappa shape index (κ1) is 15.0. The van der Waals surface area contributed by atoms with E-state index in [1.165, 1.54) is 17.2 Å². The van der Waals surface area contributed by atoms with Crippen LogP contribution in [-0.4, -0.2) is 11.5 Å². The summed E-state index contributed by atoms with van der Waals surface area (Å²) < 4.78 is 13.2. The fourth-order valence-electron chi connectivity index (χ4n) is 2.20. The zero-order chi connectivity index (χ0) is 15.2. The predicted octanol–water partition coefficient (Wildman–Crippen LogP) is 4.09. The lowest BCUT2D eigenvalue weighted by atomic mass is 10.0. The highest BCUT2D eigenvalue weighted by Crippen LogP contribution is 2.24. The minimum absolute atomic E-state index is 0.104. The van der Waals surface area contributed by atoms with E-state index in [0.717, 1.165) is 25.0 Å². The van der Waals surface area contributed by atoms with E-state index in [-0.39, 0.29) is 11.4 Å². The molecule has 0 amide bonds. The molecule has 0 radical (unpaired) electrons. The molecule has 1 N–H and O–H groups in total. The summed E-state index contributed by atoms with van der Waals surface area (Å²) in [7, 11) is 0. The molecule has 0 heterocycles. The normalized spacial score (nSPS) is 10.4. The quantitative estimate of drug-likeness (QED) is 0.495. The molecule has 2 rings (SSSR count). The number of halogens is 1. The average molecular weight is 288 g/mol. The fourth-order valence-corrected chi connectivity index (χ4v) is 2.20. The Balaban J connectivity index is 1.93. The second kappa shape index (κ2) is 6.83. The molecule has 0 unspecified atom stereocenters. The number of nitrogens with one attached hydrogen (secondary N) is 1. The summed E-state index contributed by atoms with van der Waals surface area (Å²) in [5.41, 5.74) is 2.61. The van der Waals surface area contributed by atoms with E-state index >= 15 is 0 Å². The number of hydrogen-bond donors (Lipinski definition) is 1. The topological polar surface area (TPSA) is 55.2 Å². The Morgan fingerprint density at radius 3 is 2.71 bits per heavy atom. The average Bonchev–Trinajstić information content (AvgIpc) is 2.45. The molecule has 0 aliphatic heterocycles. The van der Waals surface area contributed by atoms with Gasteiger partial charge in [0.25, 0.3) is 5.69 Å². The van der Waals surface area contributed by atoms with Crippen LogP contribution in [0.5, 0.6) is 0 Å². The van der Waals surface area contributed by atoms with Crippen LogP contribution >= 0.6 is 0 Å². The second-order valence-electron chi connectivity index (χ2n) is 4.88. The summed E-state index contributed by atoms with van der Waals surface area (Å²) in [4.78, 5) is 10.4. The maximum atomic E-state index is 13.2. The summed E-state index contributed by atoms with van der Waals surface area (Å²) in [6.45, 7) is 2.61. The van der Waals surface area contributed by atoms with Crippen LogP contribution < -0.4 is 5.32 Å². The number of rotatable bonds is 6. The molecular formula is C16H17FN2O2. The van der Waals surface area contributed by atoms with Crippen molar-refractivity contribution in [2.24, 2.45) is 0 Å². The Labute approximate surface area is 122 Å². The number of anilines is 1. The van der Waals surface area contributed by atoms with Crippen LogP contribution in [0.25, 0.3) is 0 Å². The zero-order valence-corrected chi connectivity index (χ0v) is 11.8. The van der Waals surface area contributed by atoms with Gasteiger partial charge in [-0.25, -0.2) is 4.39 Å².